The van der Waals surface area contributed by atoms with Crippen molar-refractivity contribution in [1.29, 1.82) is 0 Å². The summed E-state index contributed by atoms with van der Waals surface area (Å²) in [6, 6.07) is 6.79. The van der Waals surface area contributed by atoms with Gasteiger partial charge < -0.3 is 15.1 Å². The van der Waals surface area contributed by atoms with Crippen LogP contribution in [0, 0.1) is 5.92 Å². The molecular weight excluding hydrogens is 358 g/mol. The van der Waals surface area contributed by atoms with E-state index < -0.39 is 11.5 Å². The van der Waals surface area contributed by atoms with Crippen LogP contribution in [0.2, 0.25) is 0 Å². The monoisotopic (exact) mass is 387 g/mol. The van der Waals surface area contributed by atoms with E-state index in [0.29, 0.717) is 30.1 Å². The van der Waals surface area contributed by atoms with Crippen molar-refractivity contribution in [1.82, 2.24) is 4.90 Å². The second-order valence-electron chi connectivity index (χ2n) is 7.67. The summed E-state index contributed by atoms with van der Waals surface area (Å²) in [6.45, 7) is 6.56. The number of anilines is 1. The highest BCUT2D eigenvalue weighted by Crippen LogP contribution is 2.30. The van der Waals surface area contributed by atoms with Gasteiger partial charge in [-0.25, -0.2) is 0 Å². The van der Waals surface area contributed by atoms with Crippen LogP contribution in [-0.4, -0.2) is 57.4 Å². The van der Waals surface area contributed by atoms with E-state index in [1.165, 1.54) is 5.01 Å². The van der Waals surface area contributed by atoms with E-state index in [9.17, 15) is 19.8 Å². The van der Waals surface area contributed by atoms with Crippen molar-refractivity contribution in [2.75, 3.05) is 18.1 Å². The highest BCUT2D eigenvalue weighted by atomic mass is 16.3. The second kappa shape index (κ2) is 8.01. The molecule has 2 amide bonds. The Bertz CT molecular complexity index is 786. The molecule has 2 aliphatic rings. The highest BCUT2D eigenvalue weighted by molar-refractivity contribution is 6.21. The number of piperidine rings is 1. The number of nitrogens with zero attached hydrogens (tertiary/aromatic N) is 3. The van der Waals surface area contributed by atoms with Crippen LogP contribution >= 0.6 is 0 Å². The van der Waals surface area contributed by atoms with E-state index >= 15 is 0 Å². The summed E-state index contributed by atoms with van der Waals surface area (Å²) < 4.78 is 0. The van der Waals surface area contributed by atoms with Gasteiger partial charge in [0.25, 0.3) is 11.8 Å². The Hall–Kier alpha value is -2.25. The molecule has 0 bridgehead atoms. The lowest BCUT2D eigenvalue weighted by Gasteiger charge is -2.34. The fourth-order valence-electron chi connectivity index (χ4n) is 3.96. The zero-order valence-electron chi connectivity index (χ0n) is 16.8. The second-order valence-corrected chi connectivity index (χ2v) is 7.67. The Morgan fingerprint density at radius 3 is 2.57 bits per heavy atom. The number of hydrazone groups is 1. The average Bonchev–Trinajstić information content (AvgIpc) is 2.97. The molecule has 0 radical (unpaired) electrons. The molecule has 28 heavy (non-hydrogen) atoms. The maximum atomic E-state index is 12.9. The van der Waals surface area contributed by atoms with E-state index in [-0.39, 0.29) is 24.3 Å². The van der Waals surface area contributed by atoms with Crippen LogP contribution in [-0.2, 0) is 4.79 Å². The summed E-state index contributed by atoms with van der Waals surface area (Å²) in [4.78, 5) is 27.3. The molecule has 2 atom stereocenters. The predicted molar refractivity (Wildman–Crippen MR) is 107 cm³/mol. The van der Waals surface area contributed by atoms with Crippen molar-refractivity contribution >= 4 is 23.2 Å². The number of amides is 2. The van der Waals surface area contributed by atoms with E-state index in [1.807, 2.05) is 6.92 Å². The lowest BCUT2D eigenvalue weighted by Crippen LogP contribution is -2.45. The molecule has 0 saturated carbocycles. The predicted octanol–water partition coefficient (Wildman–Crippen LogP) is 2.17. The largest absolute Gasteiger partial charge is 0.393 e. The first-order chi connectivity index (χ1) is 13.3. The molecule has 152 valence electrons. The van der Waals surface area contributed by atoms with E-state index in [0.717, 1.165) is 19.3 Å². The normalized spacial score (nSPS) is 24.5. The van der Waals surface area contributed by atoms with Crippen LogP contribution in [0.3, 0.4) is 0 Å². The molecule has 1 aromatic rings. The lowest BCUT2D eigenvalue weighted by atomic mass is 9.90. The summed E-state index contributed by atoms with van der Waals surface area (Å²) in [6.07, 6.45) is 2.25. The summed E-state index contributed by atoms with van der Waals surface area (Å²) in [5.74, 6) is -0.345. The molecule has 0 aromatic heterocycles. The van der Waals surface area contributed by atoms with Gasteiger partial charge >= 0.3 is 0 Å². The molecule has 0 aliphatic carbocycles. The summed E-state index contributed by atoms with van der Waals surface area (Å²) in [5, 5.41) is 25.9. The third-order valence-corrected chi connectivity index (χ3v) is 6.03. The number of carbonyl (C=O) groups excluding carboxylic acids is 2. The van der Waals surface area contributed by atoms with Gasteiger partial charge in [0, 0.05) is 18.7 Å². The Morgan fingerprint density at radius 1 is 1.32 bits per heavy atom. The summed E-state index contributed by atoms with van der Waals surface area (Å²) in [5.41, 5.74) is -0.272. The van der Waals surface area contributed by atoms with Gasteiger partial charge in [-0.15, -0.1) is 0 Å². The third kappa shape index (κ3) is 3.56. The number of likely N-dealkylation sites (tertiary alicyclic amines) is 1. The number of benzene rings is 1. The van der Waals surface area contributed by atoms with Gasteiger partial charge in [-0.2, -0.15) is 10.1 Å². The van der Waals surface area contributed by atoms with Crippen molar-refractivity contribution < 1.29 is 19.8 Å². The number of hydrogen-bond donors (Lipinski definition) is 2. The molecule has 3 rings (SSSR count). The minimum absolute atomic E-state index is 0.0932. The number of aliphatic hydroxyl groups is 2. The van der Waals surface area contributed by atoms with Crippen molar-refractivity contribution in [3.63, 3.8) is 0 Å². The first kappa shape index (κ1) is 20.5. The standard InChI is InChI=1S/C21H29N3O4/c1-4-18(25)15-9-11-23(12-10-15)19(26)16-7-6-8-17(13-16)24-20(27)21(28,5-2)14(3)22-24/h6-8,13,15,18,25,28H,4-5,9-12H2,1-3H3/t18-,21-/m1/s1. The van der Waals surface area contributed by atoms with Crippen LogP contribution < -0.4 is 5.01 Å². The quantitative estimate of drug-likeness (QED) is 0.810. The molecule has 1 saturated heterocycles. The van der Waals surface area contributed by atoms with Gasteiger partial charge in [-0.3, -0.25) is 9.59 Å². The van der Waals surface area contributed by atoms with Crippen molar-refractivity contribution in [2.24, 2.45) is 11.0 Å². The van der Waals surface area contributed by atoms with E-state index in [1.54, 1.807) is 43.0 Å². The van der Waals surface area contributed by atoms with Crippen LogP contribution in [0.25, 0.3) is 0 Å². The molecule has 2 aliphatic heterocycles. The van der Waals surface area contributed by atoms with Gasteiger partial charge in [0.15, 0.2) is 5.60 Å². The van der Waals surface area contributed by atoms with Crippen LogP contribution in [0.5, 0.6) is 0 Å². The average molecular weight is 387 g/mol. The maximum Gasteiger partial charge on any atom is 0.285 e. The fraction of sp³-hybridized carbons (Fsp3) is 0.571. The van der Waals surface area contributed by atoms with Gasteiger partial charge in [0.2, 0.25) is 0 Å². The minimum Gasteiger partial charge on any atom is -0.393 e. The molecule has 1 aromatic carbocycles. The molecule has 7 heteroatoms. The first-order valence-electron chi connectivity index (χ1n) is 10.0. The van der Waals surface area contributed by atoms with E-state index in [2.05, 4.69) is 5.10 Å². The molecule has 7 nitrogen and oxygen atoms in total. The lowest BCUT2D eigenvalue weighted by molar-refractivity contribution is -0.129. The molecule has 0 unspecified atom stereocenters. The van der Waals surface area contributed by atoms with Crippen molar-refractivity contribution in [3.8, 4) is 0 Å². The summed E-state index contributed by atoms with van der Waals surface area (Å²) >= 11 is 0. The van der Waals surface area contributed by atoms with Crippen LogP contribution in [0.1, 0.15) is 56.8 Å². The van der Waals surface area contributed by atoms with Gasteiger partial charge in [0.05, 0.1) is 17.5 Å². The maximum absolute atomic E-state index is 12.9. The van der Waals surface area contributed by atoms with Crippen LogP contribution in [0.15, 0.2) is 29.4 Å². The molecule has 2 N–H and O–H groups in total. The smallest absolute Gasteiger partial charge is 0.285 e. The molecule has 1 fully saturated rings. The topological polar surface area (TPSA) is 93.4 Å². The first-order valence-corrected chi connectivity index (χ1v) is 10.0. The van der Waals surface area contributed by atoms with Crippen molar-refractivity contribution in [3.05, 3.63) is 29.8 Å². The number of hydrogen-bond acceptors (Lipinski definition) is 5. The zero-order valence-corrected chi connectivity index (χ0v) is 16.8. The van der Waals surface area contributed by atoms with Gasteiger partial charge in [-0.05, 0) is 56.7 Å². The Labute approximate surface area is 165 Å². The Kier molecular flexibility index (Phi) is 5.86. The number of carbonyl (C=O) groups is 2. The minimum atomic E-state index is -1.58. The van der Waals surface area contributed by atoms with Crippen molar-refractivity contribution in [2.45, 2.75) is 58.2 Å². The number of aliphatic hydroxyl groups excluding tert-OH is 1. The van der Waals surface area contributed by atoms with Gasteiger partial charge in [0.1, 0.15) is 0 Å². The van der Waals surface area contributed by atoms with E-state index in [4.69, 9.17) is 0 Å². The number of rotatable bonds is 5. The summed E-state index contributed by atoms with van der Waals surface area (Å²) in [7, 11) is 0. The molecule has 2 heterocycles. The fourth-order valence-corrected chi connectivity index (χ4v) is 3.96. The molecular formula is C21H29N3O4. The Balaban J connectivity index is 1.74. The van der Waals surface area contributed by atoms with Crippen LogP contribution in [0.4, 0.5) is 5.69 Å². The van der Waals surface area contributed by atoms with Gasteiger partial charge in [-0.1, -0.05) is 19.9 Å². The SMILES string of the molecule is CC[C@@H](O)C1CCN(C(=O)c2cccc(N3N=C(C)[C@](O)(CC)C3=O)c2)CC1. The Morgan fingerprint density at radius 2 is 2.00 bits per heavy atom. The third-order valence-electron chi connectivity index (χ3n) is 6.03. The zero-order chi connectivity index (χ0) is 20.5. The highest BCUT2D eigenvalue weighted by Gasteiger charge is 2.46. The molecule has 0 spiro atoms.